The van der Waals surface area contributed by atoms with Crippen LogP contribution in [-0.4, -0.2) is 23.5 Å². The summed E-state index contributed by atoms with van der Waals surface area (Å²) in [5.74, 6) is 1.08. The number of aromatic nitrogens is 1. The van der Waals surface area contributed by atoms with Crippen LogP contribution < -0.4 is 5.32 Å². The standard InChI is InChI=1S/C11H15F3N2S/c1-17-7-3-2-5-15-9-4-6-16-10(8-9)11(12,13)14/h4,6,8H,2-3,5,7H2,1H3,(H,15,16). The summed E-state index contributed by atoms with van der Waals surface area (Å²) < 4.78 is 37.1. The van der Waals surface area contributed by atoms with Gasteiger partial charge in [0, 0.05) is 18.4 Å². The van der Waals surface area contributed by atoms with Crippen molar-refractivity contribution >= 4 is 17.4 Å². The third-order valence-corrected chi connectivity index (χ3v) is 2.85. The fourth-order valence-electron chi connectivity index (χ4n) is 1.30. The first kappa shape index (κ1) is 14.2. The molecule has 6 heteroatoms. The van der Waals surface area contributed by atoms with E-state index in [0.717, 1.165) is 24.7 Å². The molecule has 1 aromatic heterocycles. The first-order valence-electron chi connectivity index (χ1n) is 5.30. The average molecular weight is 264 g/mol. The molecule has 0 amide bonds. The Hall–Kier alpha value is -0.910. The fraction of sp³-hybridized carbons (Fsp3) is 0.545. The average Bonchev–Trinajstić information content (AvgIpc) is 2.28. The van der Waals surface area contributed by atoms with E-state index in [0.29, 0.717) is 12.2 Å². The second kappa shape index (κ2) is 6.74. The Labute approximate surface area is 103 Å². The number of hydrogen-bond acceptors (Lipinski definition) is 3. The second-order valence-electron chi connectivity index (χ2n) is 3.55. The number of rotatable bonds is 6. The lowest BCUT2D eigenvalue weighted by Crippen LogP contribution is -2.09. The highest BCUT2D eigenvalue weighted by atomic mass is 32.2. The molecule has 2 nitrogen and oxygen atoms in total. The van der Waals surface area contributed by atoms with Gasteiger partial charge in [0.2, 0.25) is 0 Å². The van der Waals surface area contributed by atoms with Gasteiger partial charge in [-0.15, -0.1) is 0 Å². The molecule has 0 saturated heterocycles. The van der Waals surface area contributed by atoms with E-state index >= 15 is 0 Å². The molecule has 0 atom stereocenters. The molecule has 0 aliphatic rings. The predicted octanol–water partition coefficient (Wildman–Crippen LogP) is 3.66. The van der Waals surface area contributed by atoms with Gasteiger partial charge in [-0.2, -0.15) is 24.9 Å². The van der Waals surface area contributed by atoms with Crippen LogP contribution in [0.3, 0.4) is 0 Å². The summed E-state index contributed by atoms with van der Waals surface area (Å²) in [6.07, 6.45) is 0.839. The fourth-order valence-corrected chi connectivity index (χ4v) is 1.79. The molecule has 0 aromatic carbocycles. The van der Waals surface area contributed by atoms with Crippen molar-refractivity contribution in [1.29, 1.82) is 0 Å². The zero-order valence-corrected chi connectivity index (χ0v) is 10.4. The van der Waals surface area contributed by atoms with Crippen molar-refractivity contribution in [2.24, 2.45) is 0 Å². The molecule has 1 N–H and O–H groups in total. The Kier molecular flexibility index (Phi) is 5.61. The van der Waals surface area contributed by atoms with Crippen molar-refractivity contribution in [2.75, 3.05) is 23.9 Å². The third kappa shape index (κ3) is 5.30. The summed E-state index contributed by atoms with van der Waals surface area (Å²) in [7, 11) is 0. The maximum atomic E-state index is 12.4. The first-order chi connectivity index (χ1) is 8.04. The maximum absolute atomic E-state index is 12.4. The third-order valence-electron chi connectivity index (χ3n) is 2.15. The van der Waals surface area contributed by atoms with Gasteiger partial charge in [-0.3, -0.25) is 4.98 Å². The van der Waals surface area contributed by atoms with Crippen LogP contribution in [0.4, 0.5) is 18.9 Å². The number of thioether (sulfide) groups is 1. The quantitative estimate of drug-likeness (QED) is 0.794. The van der Waals surface area contributed by atoms with Crippen molar-refractivity contribution in [3.63, 3.8) is 0 Å². The minimum absolute atomic E-state index is 0.469. The summed E-state index contributed by atoms with van der Waals surface area (Å²) >= 11 is 1.77. The largest absolute Gasteiger partial charge is 0.433 e. The molecule has 1 heterocycles. The maximum Gasteiger partial charge on any atom is 0.433 e. The molecular weight excluding hydrogens is 249 g/mol. The summed E-state index contributed by atoms with van der Waals surface area (Å²) in [5.41, 5.74) is -0.386. The van der Waals surface area contributed by atoms with Crippen LogP contribution in [0.15, 0.2) is 18.3 Å². The summed E-state index contributed by atoms with van der Waals surface area (Å²) in [4.78, 5) is 3.30. The van der Waals surface area contributed by atoms with E-state index < -0.39 is 11.9 Å². The molecule has 0 spiro atoms. The van der Waals surface area contributed by atoms with Gasteiger partial charge in [0.25, 0.3) is 0 Å². The minimum atomic E-state index is -4.38. The molecule has 96 valence electrons. The first-order valence-corrected chi connectivity index (χ1v) is 6.69. The molecule has 0 aliphatic carbocycles. The van der Waals surface area contributed by atoms with Crippen molar-refractivity contribution in [2.45, 2.75) is 19.0 Å². The van der Waals surface area contributed by atoms with Gasteiger partial charge < -0.3 is 5.32 Å². The van der Waals surface area contributed by atoms with Gasteiger partial charge in [-0.05, 0) is 37.0 Å². The van der Waals surface area contributed by atoms with E-state index in [9.17, 15) is 13.2 Å². The predicted molar refractivity (Wildman–Crippen MR) is 65.3 cm³/mol. The molecule has 1 aromatic rings. The normalized spacial score (nSPS) is 11.5. The van der Waals surface area contributed by atoms with Crippen LogP contribution in [0.2, 0.25) is 0 Å². The van der Waals surface area contributed by atoms with Crippen LogP contribution in [0, 0.1) is 0 Å². The highest BCUT2D eigenvalue weighted by molar-refractivity contribution is 7.98. The van der Waals surface area contributed by atoms with Gasteiger partial charge in [-0.25, -0.2) is 0 Å². The summed E-state index contributed by atoms with van der Waals surface area (Å²) in [6.45, 7) is 0.682. The molecule has 0 fully saturated rings. The zero-order valence-electron chi connectivity index (χ0n) is 9.55. The van der Waals surface area contributed by atoms with E-state index in [1.54, 1.807) is 17.8 Å². The number of halogens is 3. The number of nitrogens with one attached hydrogen (secondary N) is 1. The van der Waals surface area contributed by atoms with Crippen LogP contribution in [0.25, 0.3) is 0 Å². The second-order valence-corrected chi connectivity index (χ2v) is 4.54. The lowest BCUT2D eigenvalue weighted by molar-refractivity contribution is -0.141. The van der Waals surface area contributed by atoms with Crippen LogP contribution >= 0.6 is 11.8 Å². The number of hydrogen-bond donors (Lipinski definition) is 1. The van der Waals surface area contributed by atoms with Gasteiger partial charge in [-0.1, -0.05) is 0 Å². The van der Waals surface area contributed by atoms with Crippen molar-refractivity contribution in [1.82, 2.24) is 4.98 Å². The molecule has 1 rings (SSSR count). The Morgan fingerprint density at radius 1 is 1.35 bits per heavy atom. The SMILES string of the molecule is CSCCCCNc1ccnc(C(F)(F)F)c1. The Balaban J connectivity index is 2.44. The monoisotopic (exact) mass is 264 g/mol. The van der Waals surface area contributed by atoms with Gasteiger partial charge in [0.15, 0.2) is 0 Å². The van der Waals surface area contributed by atoms with Crippen LogP contribution in [0.5, 0.6) is 0 Å². The smallest absolute Gasteiger partial charge is 0.385 e. The van der Waals surface area contributed by atoms with E-state index in [1.807, 2.05) is 6.26 Å². The number of pyridine rings is 1. The molecule has 0 aliphatic heterocycles. The van der Waals surface area contributed by atoms with Crippen LogP contribution in [-0.2, 0) is 6.18 Å². The zero-order chi connectivity index (χ0) is 12.7. The van der Waals surface area contributed by atoms with Gasteiger partial charge >= 0.3 is 6.18 Å². The van der Waals surface area contributed by atoms with Gasteiger partial charge in [0.1, 0.15) is 5.69 Å². The molecule has 0 bridgehead atoms. The Morgan fingerprint density at radius 3 is 2.76 bits per heavy atom. The lowest BCUT2D eigenvalue weighted by Gasteiger charge is -2.09. The molecular formula is C11H15F3N2S. The Morgan fingerprint density at radius 2 is 2.12 bits per heavy atom. The van der Waals surface area contributed by atoms with Crippen molar-refractivity contribution in [3.8, 4) is 0 Å². The molecule has 17 heavy (non-hydrogen) atoms. The van der Waals surface area contributed by atoms with E-state index in [-0.39, 0.29) is 0 Å². The number of nitrogens with zero attached hydrogens (tertiary/aromatic N) is 1. The minimum Gasteiger partial charge on any atom is -0.385 e. The van der Waals surface area contributed by atoms with Crippen molar-refractivity contribution < 1.29 is 13.2 Å². The van der Waals surface area contributed by atoms with Gasteiger partial charge in [0.05, 0.1) is 0 Å². The van der Waals surface area contributed by atoms with E-state index in [4.69, 9.17) is 0 Å². The molecule has 0 radical (unpaired) electrons. The highest BCUT2D eigenvalue weighted by Crippen LogP contribution is 2.28. The van der Waals surface area contributed by atoms with E-state index in [1.165, 1.54) is 6.20 Å². The lowest BCUT2D eigenvalue weighted by atomic mass is 10.3. The molecule has 0 saturated carbocycles. The van der Waals surface area contributed by atoms with Crippen molar-refractivity contribution in [3.05, 3.63) is 24.0 Å². The topological polar surface area (TPSA) is 24.9 Å². The highest BCUT2D eigenvalue weighted by Gasteiger charge is 2.32. The molecule has 0 unspecified atom stereocenters. The Bertz CT molecular complexity index is 342. The summed E-state index contributed by atoms with van der Waals surface area (Å²) in [5, 5.41) is 2.97. The number of unbranched alkanes of at least 4 members (excludes halogenated alkanes) is 1. The number of anilines is 1. The van der Waals surface area contributed by atoms with E-state index in [2.05, 4.69) is 10.3 Å². The van der Waals surface area contributed by atoms with Crippen LogP contribution in [0.1, 0.15) is 18.5 Å². The summed E-state index contributed by atoms with van der Waals surface area (Å²) in [6, 6.07) is 2.58. The number of alkyl halides is 3.